The Hall–Kier alpha value is -1.10. The highest BCUT2D eigenvalue weighted by atomic mass is 16.5. The van der Waals surface area contributed by atoms with Crippen LogP contribution in [0.15, 0.2) is 0 Å². The molecule has 0 spiro atoms. The molecule has 0 heterocycles. The summed E-state index contributed by atoms with van der Waals surface area (Å²) in [5.41, 5.74) is 0. The molecular weight excluding hydrogens is 270 g/mol. The lowest BCUT2D eigenvalue weighted by atomic mass is 9.87. The summed E-state index contributed by atoms with van der Waals surface area (Å²) in [6, 6.07) is 0.190. The quantitative estimate of drug-likeness (QED) is 0.642. The molecule has 1 fully saturated rings. The third-order valence-electron chi connectivity index (χ3n) is 4.12. The molecule has 1 unspecified atom stereocenters. The normalized spacial score (nSPS) is 23.5. The van der Waals surface area contributed by atoms with Gasteiger partial charge in [-0.3, -0.25) is 9.59 Å². The Bertz CT molecular complexity index is 324. The lowest BCUT2D eigenvalue weighted by molar-refractivity contribution is -0.144. The van der Waals surface area contributed by atoms with Crippen molar-refractivity contribution in [2.75, 3.05) is 6.61 Å². The van der Waals surface area contributed by atoms with Crippen molar-refractivity contribution in [3.63, 3.8) is 0 Å². The van der Waals surface area contributed by atoms with Crippen LogP contribution in [-0.2, 0) is 14.3 Å². The van der Waals surface area contributed by atoms with Gasteiger partial charge in [-0.1, -0.05) is 26.2 Å². The summed E-state index contributed by atoms with van der Waals surface area (Å²) in [4.78, 5) is 22.6. The number of ether oxygens (including phenoxy) is 1. The molecule has 1 saturated carbocycles. The minimum absolute atomic E-state index is 0.0294. The number of carbonyl (C=O) groups is 2. The second kappa shape index (κ2) is 9.77. The van der Waals surface area contributed by atoms with Gasteiger partial charge in [0.05, 0.1) is 12.0 Å². The van der Waals surface area contributed by atoms with Crippen molar-refractivity contribution >= 4 is 11.9 Å². The molecule has 0 aromatic carbocycles. The van der Waals surface area contributed by atoms with Crippen LogP contribution in [0.4, 0.5) is 0 Å². The fraction of sp³-hybridized carbons (Fsp3) is 0.875. The molecule has 0 bridgehead atoms. The van der Waals surface area contributed by atoms with Crippen LogP contribution in [0.3, 0.4) is 0 Å². The van der Waals surface area contributed by atoms with Crippen LogP contribution in [0.5, 0.6) is 0 Å². The van der Waals surface area contributed by atoms with Gasteiger partial charge in [0.15, 0.2) is 0 Å². The molecule has 1 aliphatic carbocycles. The first-order valence-electron chi connectivity index (χ1n) is 8.16. The first-order chi connectivity index (χ1) is 10.0. The number of carboxylic acids is 1. The zero-order valence-electron chi connectivity index (χ0n) is 13.3. The zero-order chi connectivity index (χ0) is 15.7. The molecule has 0 saturated heterocycles. The molecule has 2 N–H and O–H groups in total. The number of aliphatic carboxylic acids is 1. The highest BCUT2D eigenvalue weighted by Crippen LogP contribution is 2.26. The molecule has 122 valence electrons. The van der Waals surface area contributed by atoms with Gasteiger partial charge in [0, 0.05) is 6.04 Å². The summed E-state index contributed by atoms with van der Waals surface area (Å²) in [5, 5.41) is 11.9. The Labute approximate surface area is 127 Å². The monoisotopic (exact) mass is 299 g/mol. The van der Waals surface area contributed by atoms with Gasteiger partial charge in [-0.25, -0.2) is 0 Å². The van der Waals surface area contributed by atoms with Crippen molar-refractivity contribution < 1.29 is 19.4 Å². The molecule has 0 aromatic rings. The van der Waals surface area contributed by atoms with Crippen molar-refractivity contribution in [1.29, 1.82) is 0 Å². The van der Waals surface area contributed by atoms with E-state index in [-0.39, 0.29) is 30.6 Å². The first kappa shape index (κ1) is 18.0. The van der Waals surface area contributed by atoms with Gasteiger partial charge >= 0.3 is 5.97 Å². The van der Waals surface area contributed by atoms with Crippen LogP contribution in [0.1, 0.15) is 65.2 Å². The summed E-state index contributed by atoms with van der Waals surface area (Å²) < 4.78 is 5.59. The molecular formula is C16H29NO4. The van der Waals surface area contributed by atoms with E-state index in [1.165, 1.54) is 12.8 Å². The summed E-state index contributed by atoms with van der Waals surface area (Å²) >= 11 is 0. The molecule has 0 aromatic heterocycles. The molecule has 21 heavy (non-hydrogen) atoms. The van der Waals surface area contributed by atoms with Crippen molar-refractivity contribution in [1.82, 2.24) is 5.32 Å². The predicted molar refractivity (Wildman–Crippen MR) is 81.1 cm³/mol. The van der Waals surface area contributed by atoms with E-state index < -0.39 is 5.97 Å². The summed E-state index contributed by atoms with van der Waals surface area (Å²) in [7, 11) is 0. The van der Waals surface area contributed by atoms with E-state index in [4.69, 9.17) is 9.84 Å². The Morgan fingerprint density at radius 3 is 2.48 bits per heavy atom. The Morgan fingerprint density at radius 2 is 1.90 bits per heavy atom. The minimum atomic E-state index is -0.716. The van der Waals surface area contributed by atoms with Gasteiger partial charge in [-0.2, -0.15) is 0 Å². The molecule has 0 radical (unpaired) electrons. The molecule has 1 aliphatic rings. The minimum Gasteiger partial charge on any atom is -0.481 e. The number of unbranched alkanes of at least 4 members (excludes halogenated alkanes) is 2. The van der Waals surface area contributed by atoms with Crippen LogP contribution in [0, 0.1) is 5.92 Å². The largest absolute Gasteiger partial charge is 0.481 e. The lowest BCUT2D eigenvalue weighted by Gasteiger charge is -2.26. The van der Waals surface area contributed by atoms with E-state index in [0.717, 1.165) is 25.7 Å². The van der Waals surface area contributed by atoms with Crippen LogP contribution < -0.4 is 5.32 Å². The van der Waals surface area contributed by atoms with E-state index >= 15 is 0 Å². The van der Waals surface area contributed by atoms with E-state index in [1.54, 1.807) is 0 Å². The van der Waals surface area contributed by atoms with Gasteiger partial charge in [-0.05, 0) is 39.0 Å². The predicted octanol–water partition coefficient (Wildman–Crippen LogP) is 2.73. The number of amides is 1. The second-order valence-electron chi connectivity index (χ2n) is 6.09. The number of rotatable bonds is 9. The third-order valence-corrected chi connectivity index (χ3v) is 4.12. The van der Waals surface area contributed by atoms with E-state index in [0.29, 0.717) is 12.8 Å². The number of hydrogen-bond donors (Lipinski definition) is 2. The average Bonchev–Trinajstić information content (AvgIpc) is 2.46. The van der Waals surface area contributed by atoms with Gasteiger partial charge in [0.2, 0.25) is 5.91 Å². The molecule has 1 atom stereocenters. The number of hydrogen-bond acceptors (Lipinski definition) is 3. The first-order valence-corrected chi connectivity index (χ1v) is 8.16. The van der Waals surface area contributed by atoms with Crippen molar-refractivity contribution in [2.45, 2.75) is 77.4 Å². The highest BCUT2D eigenvalue weighted by molar-refractivity contribution is 5.77. The highest BCUT2D eigenvalue weighted by Gasteiger charge is 2.26. The Morgan fingerprint density at radius 1 is 1.24 bits per heavy atom. The van der Waals surface area contributed by atoms with Crippen LogP contribution in [0.2, 0.25) is 0 Å². The van der Waals surface area contributed by atoms with E-state index in [2.05, 4.69) is 12.2 Å². The van der Waals surface area contributed by atoms with Crippen LogP contribution in [-0.4, -0.2) is 35.7 Å². The molecule has 5 nitrogen and oxygen atoms in total. The van der Waals surface area contributed by atoms with Crippen molar-refractivity contribution in [2.24, 2.45) is 5.92 Å². The number of nitrogens with one attached hydrogen (secondary N) is 1. The third kappa shape index (κ3) is 7.46. The SMILES string of the molecule is CCCCCC(C)NC(=O)COC1CCC(C(=O)O)CC1. The molecule has 1 rings (SSSR count). The maximum absolute atomic E-state index is 11.8. The van der Waals surface area contributed by atoms with Crippen molar-refractivity contribution in [3.05, 3.63) is 0 Å². The Balaban J connectivity index is 2.12. The molecule has 0 aliphatic heterocycles. The standard InChI is InChI=1S/C16H29NO4/c1-3-4-5-6-12(2)17-15(18)11-21-14-9-7-13(8-10-14)16(19)20/h12-14H,3-11H2,1-2H3,(H,17,18)(H,19,20). The van der Waals surface area contributed by atoms with Gasteiger partial charge in [0.25, 0.3) is 0 Å². The van der Waals surface area contributed by atoms with Gasteiger partial charge < -0.3 is 15.2 Å². The fourth-order valence-electron chi connectivity index (χ4n) is 2.76. The summed E-state index contributed by atoms with van der Waals surface area (Å²) in [6.07, 6.45) is 7.31. The molecule has 1 amide bonds. The van der Waals surface area contributed by atoms with Gasteiger partial charge in [0.1, 0.15) is 6.61 Å². The van der Waals surface area contributed by atoms with Crippen molar-refractivity contribution in [3.8, 4) is 0 Å². The average molecular weight is 299 g/mol. The smallest absolute Gasteiger partial charge is 0.306 e. The van der Waals surface area contributed by atoms with Crippen LogP contribution in [0.25, 0.3) is 0 Å². The topological polar surface area (TPSA) is 75.6 Å². The van der Waals surface area contributed by atoms with E-state index in [1.807, 2.05) is 6.92 Å². The number of carbonyl (C=O) groups excluding carboxylic acids is 1. The van der Waals surface area contributed by atoms with Crippen LogP contribution >= 0.6 is 0 Å². The summed E-state index contributed by atoms with van der Waals surface area (Å²) in [5.74, 6) is -1.02. The summed E-state index contributed by atoms with van der Waals surface area (Å²) in [6.45, 7) is 4.27. The lowest BCUT2D eigenvalue weighted by Crippen LogP contribution is -2.37. The maximum atomic E-state index is 11.8. The second-order valence-corrected chi connectivity index (χ2v) is 6.09. The van der Waals surface area contributed by atoms with E-state index in [9.17, 15) is 9.59 Å². The Kier molecular flexibility index (Phi) is 8.35. The maximum Gasteiger partial charge on any atom is 0.306 e. The number of carboxylic acid groups (broad SMARTS) is 1. The van der Waals surface area contributed by atoms with Gasteiger partial charge in [-0.15, -0.1) is 0 Å². The zero-order valence-corrected chi connectivity index (χ0v) is 13.3. The molecule has 5 heteroatoms. The fourth-order valence-corrected chi connectivity index (χ4v) is 2.76.